The Bertz CT molecular complexity index is 149. The standard InChI is InChI=1S/C9H17N/c1-7(2)10-8(3)9(4,5)6/h10H,1,3H2,2,4-6H3. The zero-order valence-electron chi connectivity index (χ0n) is 7.41. The minimum absolute atomic E-state index is 0.124. The van der Waals surface area contributed by atoms with Gasteiger partial charge in [0.15, 0.2) is 0 Å². The summed E-state index contributed by atoms with van der Waals surface area (Å²) >= 11 is 0. The van der Waals surface area contributed by atoms with Gasteiger partial charge in [0.2, 0.25) is 0 Å². The SMILES string of the molecule is C=C(C)NC(=C)C(C)(C)C. The molecular weight excluding hydrogens is 122 g/mol. The Labute approximate surface area is 63.8 Å². The Hall–Kier alpha value is -0.720. The van der Waals surface area contributed by atoms with E-state index in [1.54, 1.807) is 0 Å². The van der Waals surface area contributed by atoms with Gasteiger partial charge >= 0.3 is 0 Å². The predicted molar refractivity (Wildman–Crippen MR) is 46.5 cm³/mol. The summed E-state index contributed by atoms with van der Waals surface area (Å²) in [5.74, 6) is 0. The van der Waals surface area contributed by atoms with Crippen LogP contribution in [-0.4, -0.2) is 0 Å². The first-order valence-electron chi connectivity index (χ1n) is 3.46. The molecule has 0 unspecified atom stereocenters. The second-order valence-electron chi connectivity index (χ2n) is 3.63. The quantitative estimate of drug-likeness (QED) is 0.620. The molecule has 0 aromatic heterocycles. The third-order valence-corrected chi connectivity index (χ3v) is 1.27. The van der Waals surface area contributed by atoms with E-state index in [1.165, 1.54) is 0 Å². The minimum Gasteiger partial charge on any atom is -0.363 e. The van der Waals surface area contributed by atoms with Gasteiger partial charge < -0.3 is 5.32 Å². The normalized spacial score (nSPS) is 10.8. The van der Waals surface area contributed by atoms with Gasteiger partial charge in [0, 0.05) is 16.8 Å². The van der Waals surface area contributed by atoms with Crippen LogP contribution in [0.1, 0.15) is 27.7 Å². The highest BCUT2D eigenvalue weighted by Crippen LogP contribution is 2.21. The lowest BCUT2D eigenvalue weighted by Crippen LogP contribution is -2.21. The van der Waals surface area contributed by atoms with Crippen molar-refractivity contribution < 1.29 is 0 Å². The molecule has 0 saturated carbocycles. The number of nitrogens with one attached hydrogen (secondary N) is 1. The Kier molecular flexibility index (Phi) is 2.70. The van der Waals surface area contributed by atoms with Gasteiger partial charge in [-0.3, -0.25) is 0 Å². The first-order chi connectivity index (χ1) is 4.34. The van der Waals surface area contributed by atoms with Gasteiger partial charge in [0.05, 0.1) is 0 Å². The highest BCUT2D eigenvalue weighted by Gasteiger charge is 2.13. The molecule has 0 aliphatic carbocycles. The molecule has 0 amide bonds. The molecule has 0 aromatic carbocycles. The predicted octanol–water partition coefficient (Wildman–Crippen LogP) is 2.67. The molecule has 58 valence electrons. The fraction of sp³-hybridized carbons (Fsp3) is 0.556. The molecule has 0 bridgehead atoms. The number of hydrogen-bond donors (Lipinski definition) is 1. The molecule has 1 N–H and O–H groups in total. The third kappa shape index (κ3) is 3.33. The molecule has 0 rings (SSSR count). The van der Waals surface area contributed by atoms with Crippen LogP contribution >= 0.6 is 0 Å². The molecule has 0 aromatic rings. The molecular formula is C9H17N. The van der Waals surface area contributed by atoms with E-state index in [2.05, 4.69) is 39.2 Å². The molecule has 0 aliphatic heterocycles. The lowest BCUT2D eigenvalue weighted by atomic mass is 9.93. The van der Waals surface area contributed by atoms with Gasteiger partial charge in [-0.15, -0.1) is 0 Å². The maximum Gasteiger partial charge on any atom is 0.0130 e. The second kappa shape index (κ2) is 2.91. The van der Waals surface area contributed by atoms with Gasteiger partial charge in [-0.05, 0) is 6.92 Å². The van der Waals surface area contributed by atoms with Crippen molar-refractivity contribution in [3.8, 4) is 0 Å². The summed E-state index contributed by atoms with van der Waals surface area (Å²) < 4.78 is 0. The van der Waals surface area contributed by atoms with E-state index in [4.69, 9.17) is 0 Å². The Morgan fingerprint density at radius 2 is 1.60 bits per heavy atom. The van der Waals surface area contributed by atoms with Crippen molar-refractivity contribution in [2.75, 3.05) is 0 Å². The molecule has 1 heteroatoms. The number of hydrogen-bond acceptors (Lipinski definition) is 1. The van der Waals surface area contributed by atoms with E-state index in [0.29, 0.717) is 0 Å². The monoisotopic (exact) mass is 139 g/mol. The van der Waals surface area contributed by atoms with Crippen LogP contribution in [0, 0.1) is 5.41 Å². The fourth-order valence-electron chi connectivity index (χ4n) is 0.445. The molecule has 0 aliphatic rings. The summed E-state index contributed by atoms with van der Waals surface area (Å²) in [6.07, 6.45) is 0. The fourth-order valence-corrected chi connectivity index (χ4v) is 0.445. The van der Waals surface area contributed by atoms with E-state index in [9.17, 15) is 0 Å². The molecule has 0 saturated heterocycles. The average Bonchev–Trinajstić information content (AvgIpc) is 1.60. The van der Waals surface area contributed by atoms with E-state index >= 15 is 0 Å². The zero-order valence-corrected chi connectivity index (χ0v) is 7.41. The van der Waals surface area contributed by atoms with Crippen molar-refractivity contribution in [2.45, 2.75) is 27.7 Å². The first kappa shape index (κ1) is 9.28. The van der Waals surface area contributed by atoms with Crippen molar-refractivity contribution in [3.63, 3.8) is 0 Å². The summed E-state index contributed by atoms with van der Waals surface area (Å²) in [7, 11) is 0. The lowest BCUT2D eigenvalue weighted by molar-refractivity contribution is 0.476. The maximum absolute atomic E-state index is 3.89. The molecule has 0 heterocycles. The van der Waals surface area contributed by atoms with Gasteiger partial charge in [0.25, 0.3) is 0 Å². The molecule has 0 spiro atoms. The van der Waals surface area contributed by atoms with Crippen LogP contribution in [0.2, 0.25) is 0 Å². The topological polar surface area (TPSA) is 12.0 Å². The minimum atomic E-state index is 0.124. The smallest absolute Gasteiger partial charge is 0.0130 e. The van der Waals surface area contributed by atoms with Crippen LogP contribution in [0.15, 0.2) is 24.6 Å². The van der Waals surface area contributed by atoms with E-state index < -0.39 is 0 Å². The zero-order chi connectivity index (χ0) is 8.36. The molecule has 1 nitrogen and oxygen atoms in total. The van der Waals surface area contributed by atoms with Crippen LogP contribution in [0.25, 0.3) is 0 Å². The molecule has 0 atom stereocenters. The van der Waals surface area contributed by atoms with Crippen molar-refractivity contribution in [1.29, 1.82) is 0 Å². The maximum atomic E-state index is 3.89. The lowest BCUT2D eigenvalue weighted by Gasteiger charge is -2.22. The average molecular weight is 139 g/mol. The van der Waals surface area contributed by atoms with E-state index in [0.717, 1.165) is 11.4 Å². The van der Waals surface area contributed by atoms with Gasteiger partial charge in [-0.25, -0.2) is 0 Å². The van der Waals surface area contributed by atoms with Crippen LogP contribution in [-0.2, 0) is 0 Å². The van der Waals surface area contributed by atoms with Crippen molar-refractivity contribution in [2.24, 2.45) is 5.41 Å². The van der Waals surface area contributed by atoms with Crippen LogP contribution in [0.4, 0.5) is 0 Å². The molecule has 0 fully saturated rings. The van der Waals surface area contributed by atoms with Gasteiger partial charge in [-0.1, -0.05) is 33.9 Å². The summed E-state index contributed by atoms with van der Waals surface area (Å²) in [4.78, 5) is 0. The summed E-state index contributed by atoms with van der Waals surface area (Å²) in [5, 5.41) is 3.09. The largest absolute Gasteiger partial charge is 0.363 e. The van der Waals surface area contributed by atoms with Crippen molar-refractivity contribution in [3.05, 3.63) is 24.6 Å². The van der Waals surface area contributed by atoms with Crippen LogP contribution in [0.5, 0.6) is 0 Å². The molecule has 0 radical (unpaired) electrons. The second-order valence-corrected chi connectivity index (χ2v) is 3.63. The summed E-state index contributed by atoms with van der Waals surface area (Å²) in [5.41, 5.74) is 2.08. The Morgan fingerprint density at radius 3 is 1.70 bits per heavy atom. The number of rotatable bonds is 2. The highest BCUT2D eigenvalue weighted by molar-refractivity contribution is 5.08. The van der Waals surface area contributed by atoms with Crippen LogP contribution < -0.4 is 5.32 Å². The third-order valence-electron chi connectivity index (χ3n) is 1.27. The highest BCUT2D eigenvalue weighted by atomic mass is 14.9. The molecule has 10 heavy (non-hydrogen) atoms. The number of allylic oxidation sites excluding steroid dienone is 2. The summed E-state index contributed by atoms with van der Waals surface area (Å²) in [6, 6.07) is 0. The van der Waals surface area contributed by atoms with Gasteiger partial charge in [0.1, 0.15) is 0 Å². The van der Waals surface area contributed by atoms with Crippen molar-refractivity contribution >= 4 is 0 Å². The van der Waals surface area contributed by atoms with Gasteiger partial charge in [-0.2, -0.15) is 0 Å². The van der Waals surface area contributed by atoms with Crippen molar-refractivity contribution in [1.82, 2.24) is 5.32 Å². The van der Waals surface area contributed by atoms with E-state index in [1.807, 2.05) is 6.92 Å². The Balaban J connectivity index is 3.99. The Morgan fingerprint density at radius 1 is 1.20 bits per heavy atom. The van der Waals surface area contributed by atoms with E-state index in [-0.39, 0.29) is 5.41 Å². The van der Waals surface area contributed by atoms with Crippen LogP contribution in [0.3, 0.4) is 0 Å². The summed E-state index contributed by atoms with van der Waals surface area (Å²) in [6.45, 7) is 15.9. The first-order valence-corrected chi connectivity index (χ1v) is 3.46.